The van der Waals surface area contributed by atoms with Crippen LogP contribution in [0.15, 0.2) is 36.8 Å². The third kappa shape index (κ3) is 2.71. The molecular formula is C17H19FN4. The molecule has 0 fully saturated rings. The van der Waals surface area contributed by atoms with Crippen LogP contribution in [-0.4, -0.2) is 19.6 Å². The summed E-state index contributed by atoms with van der Waals surface area (Å²) in [6.45, 7) is 4.36. The van der Waals surface area contributed by atoms with E-state index in [1.165, 1.54) is 6.07 Å². The van der Waals surface area contributed by atoms with Crippen molar-refractivity contribution in [2.45, 2.75) is 39.0 Å². The van der Waals surface area contributed by atoms with Gasteiger partial charge in [-0.1, -0.05) is 26.7 Å². The molecular weight excluding hydrogens is 279 g/mol. The second-order valence-electron chi connectivity index (χ2n) is 5.56. The van der Waals surface area contributed by atoms with Crippen LogP contribution in [-0.2, 0) is 0 Å². The zero-order valence-corrected chi connectivity index (χ0v) is 12.8. The highest BCUT2D eigenvalue weighted by Gasteiger charge is 2.20. The molecule has 0 aliphatic rings. The van der Waals surface area contributed by atoms with Gasteiger partial charge in [0, 0.05) is 30.1 Å². The van der Waals surface area contributed by atoms with Crippen molar-refractivity contribution >= 4 is 5.65 Å². The normalized spacial score (nSPS) is 12.7. The maximum absolute atomic E-state index is 13.1. The third-order valence-corrected chi connectivity index (χ3v) is 3.90. The number of nitrogens with zero attached hydrogens (tertiary/aromatic N) is 4. The van der Waals surface area contributed by atoms with Gasteiger partial charge in [-0.25, -0.2) is 14.5 Å². The fraction of sp³-hybridized carbons (Fsp3) is 0.353. The van der Waals surface area contributed by atoms with E-state index in [0.717, 1.165) is 41.7 Å². The van der Waals surface area contributed by atoms with Gasteiger partial charge >= 0.3 is 0 Å². The average Bonchev–Trinajstić information content (AvgIpc) is 2.93. The fourth-order valence-corrected chi connectivity index (χ4v) is 2.70. The number of pyridine rings is 1. The van der Waals surface area contributed by atoms with Gasteiger partial charge in [-0.15, -0.1) is 0 Å². The molecule has 0 aromatic carbocycles. The van der Waals surface area contributed by atoms with Gasteiger partial charge in [-0.2, -0.15) is 9.49 Å². The minimum absolute atomic E-state index is 0.321. The third-order valence-electron chi connectivity index (χ3n) is 3.90. The average molecular weight is 298 g/mol. The summed E-state index contributed by atoms with van der Waals surface area (Å²) in [4.78, 5) is 8.22. The van der Waals surface area contributed by atoms with Crippen LogP contribution in [0.2, 0.25) is 0 Å². The van der Waals surface area contributed by atoms with Crippen molar-refractivity contribution in [3.63, 3.8) is 0 Å². The van der Waals surface area contributed by atoms with E-state index >= 15 is 0 Å². The van der Waals surface area contributed by atoms with Crippen molar-refractivity contribution in [3.05, 3.63) is 48.4 Å². The Bertz CT molecular complexity index is 764. The summed E-state index contributed by atoms with van der Waals surface area (Å²) in [7, 11) is 0. The molecule has 0 N–H and O–H groups in total. The molecule has 0 aliphatic heterocycles. The Morgan fingerprint density at radius 2 is 2.14 bits per heavy atom. The van der Waals surface area contributed by atoms with Crippen LogP contribution in [0, 0.1) is 5.95 Å². The lowest BCUT2D eigenvalue weighted by Crippen LogP contribution is -1.97. The van der Waals surface area contributed by atoms with Crippen LogP contribution in [0.3, 0.4) is 0 Å². The molecule has 114 valence electrons. The molecule has 1 unspecified atom stereocenters. The second-order valence-corrected chi connectivity index (χ2v) is 5.56. The minimum atomic E-state index is -0.478. The quantitative estimate of drug-likeness (QED) is 0.662. The second kappa shape index (κ2) is 6.22. The molecule has 0 saturated heterocycles. The predicted molar refractivity (Wildman–Crippen MR) is 84.1 cm³/mol. The van der Waals surface area contributed by atoms with Crippen LogP contribution in [0.5, 0.6) is 0 Å². The number of fused-ring (bicyclic) bond motifs is 1. The topological polar surface area (TPSA) is 43.1 Å². The number of halogens is 1. The standard InChI is InChI=1S/C17H19FN4/c1-3-4-6-12(2)16-15(13-7-8-14(18)20-11-13)17-19-9-5-10-22(17)21-16/h5,7-12H,3-4,6H2,1-2H3. The zero-order chi connectivity index (χ0) is 15.5. The van der Waals surface area contributed by atoms with Crippen molar-refractivity contribution in [2.24, 2.45) is 0 Å². The maximum atomic E-state index is 13.1. The smallest absolute Gasteiger partial charge is 0.212 e. The summed E-state index contributed by atoms with van der Waals surface area (Å²) >= 11 is 0. The Kier molecular flexibility index (Phi) is 4.13. The summed E-state index contributed by atoms with van der Waals surface area (Å²) in [5, 5.41) is 4.70. The van der Waals surface area contributed by atoms with Crippen molar-refractivity contribution in [1.82, 2.24) is 19.6 Å². The van der Waals surface area contributed by atoms with E-state index in [9.17, 15) is 4.39 Å². The molecule has 0 saturated carbocycles. The lowest BCUT2D eigenvalue weighted by Gasteiger charge is -2.10. The van der Waals surface area contributed by atoms with Gasteiger partial charge in [0.15, 0.2) is 5.65 Å². The molecule has 3 heterocycles. The van der Waals surface area contributed by atoms with Crippen LogP contribution >= 0.6 is 0 Å². The van der Waals surface area contributed by atoms with E-state index in [0.29, 0.717) is 5.92 Å². The molecule has 0 amide bonds. The largest absolute Gasteiger partial charge is 0.236 e. The number of hydrogen-bond acceptors (Lipinski definition) is 3. The first-order valence-corrected chi connectivity index (χ1v) is 7.66. The van der Waals surface area contributed by atoms with Crippen LogP contribution < -0.4 is 0 Å². The van der Waals surface area contributed by atoms with E-state index in [1.54, 1.807) is 23.0 Å². The first-order valence-electron chi connectivity index (χ1n) is 7.66. The molecule has 1 atom stereocenters. The summed E-state index contributed by atoms with van der Waals surface area (Å²) in [5.74, 6) is -0.157. The Balaban J connectivity index is 2.14. The molecule has 0 spiro atoms. The molecule has 0 aliphatic carbocycles. The number of rotatable bonds is 5. The molecule has 0 bridgehead atoms. The molecule has 4 nitrogen and oxygen atoms in total. The van der Waals surface area contributed by atoms with Gasteiger partial charge in [-0.05, 0) is 24.6 Å². The lowest BCUT2D eigenvalue weighted by molar-refractivity contribution is 0.584. The molecule has 3 aromatic rings. The fourth-order valence-electron chi connectivity index (χ4n) is 2.70. The number of unbranched alkanes of at least 4 members (excludes halogenated alkanes) is 1. The summed E-state index contributed by atoms with van der Waals surface area (Å²) in [5.41, 5.74) is 3.60. The van der Waals surface area contributed by atoms with Crippen molar-refractivity contribution < 1.29 is 4.39 Å². The number of hydrogen-bond donors (Lipinski definition) is 0. The number of aromatic nitrogens is 4. The van der Waals surface area contributed by atoms with Crippen molar-refractivity contribution in [1.29, 1.82) is 0 Å². The van der Waals surface area contributed by atoms with Gasteiger partial charge in [0.1, 0.15) is 0 Å². The van der Waals surface area contributed by atoms with Crippen molar-refractivity contribution in [3.8, 4) is 11.1 Å². The van der Waals surface area contributed by atoms with Gasteiger partial charge in [0.2, 0.25) is 5.95 Å². The molecule has 3 aromatic heterocycles. The van der Waals surface area contributed by atoms with Gasteiger partial charge in [0.25, 0.3) is 0 Å². The van der Waals surface area contributed by atoms with E-state index in [4.69, 9.17) is 5.10 Å². The molecule has 0 radical (unpaired) electrons. The van der Waals surface area contributed by atoms with Gasteiger partial charge in [0.05, 0.1) is 11.3 Å². The lowest BCUT2D eigenvalue weighted by atomic mass is 9.95. The van der Waals surface area contributed by atoms with E-state index in [2.05, 4.69) is 23.8 Å². The molecule has 3 rings (SSSR count). The monoisotopic (exact) mass is 298 g/mol. The highest BCUT2D eigenvalue weighted by molar-refractivity contribution is 5.79. The first-order chi connectivity index (χ1) is 10.7. The summed E-state index contributed by atoms with van der Waals surface area (Å²) < 4.78 is 14.9. The Morgan fingerprint density at radius 1 is 1.27 bits per heavy atom. The summed E-state index contributed by atoms with van der Waals surface area (Å²) in [6.07, 6.45) is 8.57. The Labute approximate surface area is 129 Å². The molecule has 22 heavy (non-hydrogen) atoms. The Morgan fingerprint density at radius 3 is 2.86 bits per heavy atom. The minimum Gasteiger partial charge on any atom is -0.236 e. The van der Waals surface area contributed by atoms with Crippen molar-refractivity contribution in [2.75, 3.05) is 0 Å². The summed E-state index contributed by atoms with van der Waals surface area (Å²) in [6, 6.07) is 4.97. The van der Waals surface area contributed by atoms with Gasteiger partial charge < -0.3 is 0 Å². The van der Waals surface area contributed by atoms with E-state index in [1.807, 2.05) is 12.3 Å². The Hall–Kier alpha value is -2.30. The highest BCUT2D eigenvalue weighted by Crippen LogP contribution is 2.33. The van der Waals surface area contributed by atoms with Crippen LogP contribution in [0.25, 0.3) is 16.8 Å². The zero-order valence-electron chi connectivity index (χ0n) is 12.8. The van der Waals surface area contributed by atoms with E-state index in [-0.39, 0.29) is 0 Å². The first kappa shape index (κ1) is 14.6. The van der Waals surface area contributed by atoms with E-state index < -0.39 is 5.95 Å². The van der Waals surface area contributed by atoms with Gasteiger partial charge in [-0.3, -0.25) is 0 Å². The maximum Gasteiger partial charge on any atom is 0.212 e. The highest BCUT2D eigenvalue weighted by atomic mass is 19.1. The van der Waals surface area contributed by atoms with Crippen LogP contribution in [0.4, 0.5) is 4.39 Å². The molecule has 5 heteroatoms. The van der Waals surface area contributed by atoms with Crippen LogP contribution in [0.1, 0.15) is 44.7 Å². The SMILES string of the molecule is CCCCC(C)c1nn2cccnc2c1-c1ccc(F)nc1. The predicted octanol–water partition coefficient (Wildman–Crippen LogP) is 4.22.